The lowest BCUT2D eigenvalue weighted by Crippen LogP contribution is -2.25. The molecule has 0 N–H and O–H groups in total. The number of nitrogens with zero attached hydrogens (tertiary/aromatic N) is 1. The first-order valence-electron chi connectivity index (χ1n) is 6.92. The van der Waals surface area contributed by atoms with Crippen molar-refractivity contribution in [3.8, 4) is 17.4 Å². The van der Waals surface area contributed by atoms with Gasteiger partial charge in [-0.15, -0.1) is 0 Å². The molecule has 122 valence electrons. The molecule has 1 aromatic heterocycles. The summed E-state index contributed by atoms with van der Waals surface area (Å²) in [5.41, 5.74) is 0. The largest absolute Gasteiger partial charge is 0.479 e. The molecule has 0 saturated carbocycles. The SMILES string of the molecule is CCOC(=O)C(C)Oc1ccc(Oc2ncc(Br)cc2Cl)cc1. The van der Waals surface area contributed by atoms with Crippen LogP contribution < -0.4 is 9.47 Å². The Bertz CT molecular complexity index is 678. The van der Waals surface area contributed by atoms with Gasteiger partial charge < -0.3 is 14.2 Å². The molecule has 0 bridgehead atoms. The summed E-state index contributed by atoms with van der Waals surface area (Å²) < 4.78 is 16.8. The maximum Gasteiger partial charge on any atom is 0.347 e. The van der Waals surface area contributed by atoms with Gasteiger partial charge in [0.05, 0.1) is 6.61 Å². The maximum atomic E-state index is 11.5. The predicted octanol–water partition coefficient (Wildman–Crippen LogP) is 4.62. The van der Waals surface area contributed by atoms with Gasteiger partial charge in [0.2, 0.25) is 5.88 Å². The highest BCUT2D eigenvalue weighted by Crippen LogP contribution is 2.30. The highest BCUT2D eigenvalue weighted by Gasteiger charge is 2.15. The number of aromatic nitrogens is 1. The number of halogens is 2. The summed E-state index contributed by atoms with van der Waals surface area (Å²) >= 11 is 9.33. The summed E-state index contributed by atoms with van der Waals surface area (Å²) in [6.07, 6.45) is 0.920. The molecule has 0 aliphatic rings. The lowest BCUT2D eigenvalue weighted by Gasteiger charge is -2.13. The van der Waals surface area contributed by atoms with Crippen LogP contribution in [0, 0.1) is 0 Å². The normalized spacial score (nSPS) is 11.7. The average Bonchev–Trinajstić information content (AvgIpc) is 2.52. The monoisotopic (exact) mass is 399 g/mol. The molecule has 0 spiro atoms. The summed E-state index contributed by atoms with van der Waals surface area (Å²) in [5, 5.41) is 0.399. The van der Waals surface area contributed by atoms with Gasteiger partial charge in [-0.2, -0.15) is 0 Å². The molecule has 0 amide bonds. The van der Waals surface area contributed by atoms with E-state index in [2.05, 4.69) is 20.9 Å². The second-order valence-corrected chi connectivity index (χ2v) is 5.85. The molecule has 0 fully saturated rings. The van der Waals surface area contributed by atoms with E-state index in [0.717, 1.165) is 4.47 Å². The number of carbonyl (C=O) groups excluding carboxylic acids is 1. The zero-order valence-corrected chi connectivity index (χ0v) is 14.9. The second kappa shape index (κ2) is 8.17. The van der Waals surface area contributed by atoms with Crippen LogP contribution in [0.1, 0.15) is 13.8 Å². The predicted molar refractivity (Wildman–Crippen MR) is 90.2 cm³/mol. The second-order valence-electron chi connectivity index (χ2n) is 4.53. The van der Waals surface area contributed by atoms with Crippen molar-refractivity contribution in [2.24, 2.45) is 0 Å². The van der Waals surface area contributed by atoms with E-state index in [1.807, 2.05) is 0 Å². The topological polar surface area (TPSA) is 57.7 Å². The number of hydrogen-bond acceptors (Lipinski definition) is 5. The Morgan fingerprint density at radius 1 is 1.30 bits per heavy atom. The van der Waals surface area contributed by atoms with E-state index in [0.29, 0.717) is 29.0 Å². The van der Waals surface area contributed by atoms with Crippen molar-refractivity contribution in [3.05, 3.63) is 46.0 Å². The summed E-state index contributed by atoms with van der Waals surface area (Å²) in [5.74, 6) is 0.993. The van der Waals surface area contributed by atoms with Gasteiger partial charge in [-0.05, 0) is 60.1 Å². The molecule has 1 aromatic carbocycles. The molecule has 0 aliphatic carbocycles. The van der Waals surface area contributed by atoms with Crippen molar-refractivity contribution in [2.75, 3.05) is 6.61 Å². The zero-order valence-electron chi connectivity index (χ0n) is 12.6. The Balaban J connectivity index is 2.00. The minimum Gasteiger partial charge on any atom is -0.479 e. The lowest BCUT2D eigenvalue weighted by molar-refractivity contribution is -0.150. The van der Waals surface area contributed by atoms with Crippen molar-refractivity contribution < 1.29 is 19.0 Å². The number of carbonyl (C=O) groups is 1. The molecular formula is C16H15BrClNO4. The minimum absolute atomic E-state index is 0.309. The average molecular weight is 401 g/mol. The fraction of sp³-hybridized carbons (Fsp3) is 0.250. The third-order valence-corrected chi connectivity index (χ3v) is 3.45. The van der Waals surface area contributed by atoms with E-state index < -0.39 is 12.1 Å². The van der Waals surface area contributed by atoms with Crippen LogP contribution in [0.25, 0.3) is 0 Å². The van der Waals surface area contributed by atoms with Crippen molar-refractivity contribution >= 4 is 33.5 Å². The Labute approximate surface area is 147 Å². The number of rotatable bonds is 6. The minimum atomic E-state index is -0.677. The quantitative estimate of drug-likeness (QED) is 0.662. The van der Waals surface area contributed by atoms with Crippen molar-refractivity contribution in [3.63, 3.8) is 0 Å². The first kappa shape index (κ1) is 17.6. The molecule has 0 aliphatic heterocycles. The van der Waals surface area contributed by atoms with Gasteiger partial charge in [0.1, 0.15) is 16.5 Å². The molecule has 23 heavy (non-hydrogen) atoms. The van der Waals surface area contributed by atoms with Crippen LogP contribution in [0.4, 0.5) is 0 Å². The van der Waals surface area contributed by atoms with Crippen LogP contribution in [0.15, 0.2) is 41.0 Å². The molecule has 1 atom stereocenters. The zero-order chi connectivity index (χ0) is 16.8. The van der Waals surface area contributed by atoms with Gasteiger partial charge in [-0.3, -0.25) is 0 Å². The number of ether oxygens (including phenoxy) is 3. The third-order valence-electron chi connectivity index (χ3n) is 2.74. The standard InChI is InChI=1S/C16H15BrClNO4/c1-3-21-16(20)10(2)22-12-4-6-13(7-5-12)23-15-14(18)8-11(17)9-19-15/h4-10H,3H2,1-2H3. The smallest absolute Gasteiger partial charge is 0.347 e. The Kier molecular flexibility index (Phi) is 6.24. The molecule has 2 aromatic rings. The fourth-order valence-corrected chi connectivity index (χ4v) is 2.35. The highest BCUT2D eigenvalue weighted by atomic mass is 79.9. The van der Waals surface area contributed by atoms with E-state index in [4.69, 9.17) is 25.8 Å². The van der Waals surface area contributed by atoms with E-state index in [9.17, 15) is 4.79 Å². The van der Waals surface area contributed by atoms with E-state index in [-0.39, 0.29) is 0 Å². The first-order valence-corrected chi connectivity index (χ1v) is 8.09. The van der Waals surface area contributed by atoms with Crippen molar-refractivity contribution in [1.82, 2.24) is 4.98 Å². The van der Waals surface area contributed by atoms with Crippen LogP contribution >= 0.6 is 27.5 Å². The van der Waals surface area contributed by atoms with Gasteiger partial charge in [-0.25, -0.2) is 9.78 Å². The lowest BCUT2D eigenvalue weighted by atomic mass is 10.3. The van der Waals surface area contributed by atoms with Gasteiger partial charge in [-0.1, -0.05) is 11.6 Å². The summed E-state index contributed by atoms with van der Waals surface area (Å²) in [4.78, 5) is 15.6. The first-order chi connectivity index (χ1) is 11.0. The molecule has 5 nitrogen and oxygen atoms in total. The summed E-state index contributed by atoms with van der Waals surface area (Å²) in [7, 11) is 0. The molecule has 2 rings (SSSR count). The van der Waals surface area contributed by atoms with Gasteiger partial charge >= 0.3 is 5.97 Å². The van der Waals surface area contributed by atoms with Crippen LogP contribution in [0.3, 0.4) is 0 Å². The van der Waals surface area contributed by atoms with Gasteiger partial charge in [0.25, 0.3) is 0 Å². The summed E-state index contributed by atoms with van der Waals surface area (Å²) in [6.45, 7) is 3.70. The summed E-state index contributed by atoms with van der Waals surface area (Å²) in [6, 6.07) is 8.48. The molecule has 1 unspecified atom stereocenters. The molecule has 7 heteroatoms. The number of benzene rings is 1. The van der Waals surface area contributed by atoms with Crippen LogP contribution in [-0.2, 0) is 9.53 Å². The molecule has 0 saturated heterocycles. The van der Waals surface area contributed by atoms with Crippen molar-refractivity contribution in [2.45, 2.75) is 20.0 Å². The number of hydrogen-bond donors (Lipinski definition) is 0. The number of esters is 1. The van der Waals surface area contributed by atoms with Crippen LogP contribution in [0.2, 0.25) is 5.02 Å². The fourth-order valence-electron chi connectivity index (χ4n) is 1.69. The van der Waals surface area contributed by atoms with Crippen molar-refractivity contribution in [1.29, 1.82) is 0 Å². The van der Waals surface area contributed by atoms with E-state index in [1.165, 1.54) is 0 Å². The number of pyridine rings is 1. The highest BCUT2D eigenvalue weighted by molar-refractivity contribution is 9.10. The maximum absolute atomic E-state index is 11.5. The van der Waals surface area contributed by atoms with E-state index in [1.54, 1.807) is 50.4 Å². The molecule has 1 heterocycles. The Morgan fingerprint density at radius 3 is 2.57 bits per heavy atom. The van der Waals surface area contributed by atoms with E-state index >= 15 is 0 Å². The molecule has 0 radical (unpaired) electrons. The van der Waals surface area contributed by atoms with Gasteiger partial charge in [0.15, 0.2) is 6.10 Å². The van der Waals surface area contributed by atoms with Crippen LogP contribution in [0.5, 0.6) is 17.4 Å². The van der Waals surface area contributed by atoms with Gasteiger partial charge in [0, 0.05) is 10.7 Å². The Morgan fingerprint density at radius 2 is 1.96 bits per heavy atom. The van der Waals surface area contributed by atoms with Crippen LogP contribution in [-0.4, -0.2) is 23.7 Å². The third kappa shape index (κ3) is 5.11. The Hall–Kier alpha value is -1.79. The molecular weight excluding hydrogens is 386 g/mol.